The molecule has 0 aliphatic carbocycles. The molecule has 0 fully saturated rings. The fraction of sp³-hybridized carbons (Fsp3) is 0. The van der Waals surface area contributed by atoms with Crippen molar-refractivity contribution >= 4 is 55.1 Å². The van der Waals surface area contributed by atoms with Gasteiger partial charge in [-0.2, -0.15) is 31.3 Å². The third kappa shape index (κ3) is 6490. The van der Waals surface area contributed by atoms with Gasteiger partial charge in [-0.1, -0.05) is 0 Å². The zero-order valence-corrected chi connectivity index (χ0v) is 22.0. The molecule has 0 amide bonds. The Balaban J connectivity index is -0.0000000253. The van der Waals surface area contributed by atoms with Crippen molar-refractivity contribution in [1.29, 1.82) is 21.6 Å². The van der Waals surface area contributed by atoms with Crippen LogP contribution in [0.4, 0.5) is 0 Å². The van der Waals surface area contributed by atoms with Crippen molar-refractivity contribution < 1.29 is 77.0 Å². The van der Waals surface area contributed by atoms with Gasteiger partial charge >= 0.3 is 22.3 Å². The third-order valence-corrected chi connectivity index (χ3v) is 0. The largest absolute Gasteiger partial charge is 4.00 e. The second kappa shape index (κ2) is 37.7. The summed E-state index contributed by atoms with van der Waals surface area (Å²) in [6.07, 6.45) is 0. The van der Waals surface area contributed by atoms with Gasteiger partial charge in [0.15, 0.2) is 23.8 Å². The van der Waals surface area contributed by atoms with Crippen molar-refractivity contribution in [2.75, 3.05) is 0 Å². The number of hydrogen-bond donors (Lipinski definition) is 12. The molecular weight excluding hydrogens is 632 g/mol. The summed E-state index contributed by atoms with van der Waals surface area (Å²) in [5.74, 6) is -1.33. The van der Waals surface area contributed by atoms with Crippen molar-refractivity contribution in [2.24, 2.45) is 45.9 Å². The van der Waals surface area contributed by atoms with E-state index in [0.29, 0.717) is 0 Å². The van der Waals surface area contributed by atoms with Gasteiger partial charge in [-0.3, -0.25) is 21.6 Å². The summed E-state index contributed by atoms with van der Waals surface area (Å²) >= 11 is 0. The number of nitrogens with one attached hydrogen (secondary N) is 4. The van der Waals surface area contributed by atoms with Crippen LogP contribution < -0.4 is 105 Å². The Bertz CT molecular complexity index is 598. The van der Waals surface area contributed by atoms with Gasteiger partial charge in [0, 0.05) is 0 Å². The molecule has 0 radical (unpaired) electrons. The van der Waals surface area contributed by atoms with Gasteiger partial charge in [0.25, 0.3) is 0 Å². The van der Waals surface area contributed by atoms with E-state index in [0.717, 1.165) is 0 Å². The number of phosphoric acid groups is 4. The maximum atomic E-state index is 8.55. The molecule has 0 rings (SSSR count). The molecule has 0 aromatic rings. The zero-order chi connectivity index (χ0) is 32.3. The van der Waals surface area contributed by atoms with Gasteiger partial charge in [0.1, 0.15) is 0 Å². The van der Waals surface area contributed by atoms with Gasteiger partial charge < -0.3 is 123 Å². The summed E-state index contributed by atoms with van der Waals surface area (Å²) in [6, 6.07) is 0. The van der Waals surface area contributed by atoms with Crippen LogP contribution in [0.25, 0.3) is 0 Å². The molecule has 0 aliphatic rings. The second-order valence-electron chi connectivity index (χ2n) is 3.61. The van der Waals surface area contributed by atoms with Crippen molar-refractivity contribution in [3.05, 3.63) is 22.3 Å². The molecule has 28 nitrogen and oxygen atoms in total. The molecule has 0 aliphatic heterocycles. The van der Waals surface area contributed by atoms with E-state index in [-0.39, 0.29) is 46.1 Å². The van der Waals surface area contributed by atoms with E-state index >= 15 is 0 Å². The molecule has 0 spiro atoms. The Morgan fingerprint density at radius 1 is 0.333 bits per heavy atom. The van der Waals surface area contributed by atoms with Crippen LogP contribution in [0.2, 0.25) is 0 Å². The minimum atomic E-state index is -5.39. The van der Waals surface area contributed by atoms with Crippen LogP contribution >= 0.6 is 31.3 Å². The molecule has 0 atom stereocenters. The fourth-order valence-electron chi connectivity index (χ4n) is 0. The SMILES string of the molecule is N=C(N)N.N=C(N)N.N=C(N)N.N=C(N)N.O=P([O-])([O-])[O-].O=P([O-])([O-])[O-].O=P([O-])([O-])[O-].O=P([O-])([O-])[O-].[C+4].[C+4].[C+4]. The first-order valence-corrected chi connectivity index (χ1v) is 12.1. The molecule has 0 aromatic heterocycles. The van der Waals surface area contributed by atoms with Crippen molar-refractivity contribution in [3.63, 3.8) is 0 Å². The Morgan fingerprint density at radius 2 is 0.333 bits per heavy atom. The van der Waals surface area contributed by atoms with Gasteiger partial charge in [-0.15, -0.1) is 0 Å². The average Bonchev–Trinajstić information content (AvgIpc) is 2.24. The Morgan fingerprint density at radius 3 is 0.333 bits per heavy atom. The predicted molar refractivity (Wildman–Crippen MR) is 105 cm³/mol. The smallest absolute Gasteiger partial charge is 0.822 e. The standard InChI is InChI=1S/4CH5N3.3C.4H3O4P/c4*2-1(3)4;;;;4*1-5(2,3)4/h4*(H5,2,3,4);;;;4*(H3,1,2,3,4)/q;;;;3*+4;;;;/p-12. The number of rotatable bonds is 0. The average molecular weight is 652 g/mol. The normalized spacial score (nSPS) is 8.51. The monoisotopic (exact) mass is 652 g/mol. The minimum absolute atomic E-state index is 0. The van der Waals surface area contributed by atoms with E-state index in [2.05, 4.69) is 45.9 Å². The molecule has 0 heterocycles. The summed E-state index contributed by atoms with van der Waals surface area (Å²) in [5.41, 5.74) is 35.8. The maximum Gasteiger partial charge on any atom is 4.00 e. The molecule has 224 valence electrons. The van der Waals surface area contributed by atoms with E-state index in [1.54, 1.807) is 0 Å². The fourth-order valence-corrected chi connectivity index (χ4v) is 0. The number of hydrogen-bond acceptors (Lipinski definition) is 20. The van der Waals surface area contributed by atoms with Crippen molar-refractivity contribution in [2.45, 2.75) is 0 Å². The Labute approximate surface area is 222 Å². The molecule has 0 aromatic carbocycles. The molecular formula is C7H20N12O16P4. The summed E-state index contributed by atoms with van der Waals surface area (Å²) in [5, 5.41) is 24.2. The molecule has 0 unspecified atom stereocenters. The van der Waals surface area contributed by atoms with E-state index < -0.39 is 31.3 Å². The van der Waals surface area contributed by atoms with Crippen LogP contribution in [0.1, 0.15) is 0 Å². The summed E-state index contributed by atoms with van der Waals surface area (Å²) < 4.78 is 34.2. The van der Waals surface area contributed by atoms with Gasteiger partial charge in [0.2, 0.25) is 0 Å². The van der Waals surface area contributed by atoms with Crippen LogP contribution in [0, 0.1) is 43.9 Å². The first-order chi connectivity index (χ1) is 14.9. The first kappa shape index (κ1) is 70.7. The van der Waals surface area contributed by atoms with E-state index in [1.165, 1.54) is 0 Å². The van der Waals surface area contributed by atoms with Crippen LogP contribution in [0.5, 0.6) is 0 Å². The van der Waals surface area contributed by atoms with Crippen molar-refractivity contribution in [3.8, 4) is 0 Å². The summed E-state index contributed by atoms with van der Waals surface area (Å²) in [6.45, 7) is 0. The summed E-state index contributed by atoms with van der Waals surface area (Å²) in [7, 11) is -21.6. The zero-order valence-electron chi connectivity index (χ0n) is 18.4. The number of guanidine groups is 4. The van der Waals surface area contributed by atoms with Crippen LogP contribution in [0.3, 0.4) is 0 Å². The minimum Gasteiger partial charge on any atom is -0.822 e. The Hall–Kier alpha value is -2.48. The van der Waals surface area contributed by atoms with Crippen LogP contribution in [0.15, 0.2) is 0 Å². The second-order valence-corrected chi connectivity index (χ2v) is 7.19. The predicted octanol–water partition coefficient (Wildman–Crippen LogP) is -15.7. The van der Waals surface area contributed by atoms with E-state index in [1.807, 2.05) is 0 Å². The topological polar surface area (TPSA) is 649 Å². The molecule has 0 saturated heterocycles. The van der Waals surface area contributed by atoms with Crippen LogP contribution in [-0.2, 0) is 18.3 Å². The quantitative estimate of drug-likeness (QED) is 0.0656. The number of nitrogens with two attached hydrogens (primary N) is 8. The first-order valence-electron chi connectivity index (χ1n) is 6.23. The van der Waals surface area contributed by atoms with Gasteiger partial charge in [0.05, 0.1) is 0 Å². The van der Waals surface area contributed by atoms with Crippen molar-refractivity contribution in [1.82, 2.24) is 0 Å². The van der Waals surface area contributed by atoms with E-state index in [4.69, 9.17) is 98.6 Å². The molecule has 0 bridgehead atoms. The van der Waals surface area contributed by atoms with Gasteiger partial charge in [-0.25, -0.2) is 0 Å². The third-order valence-electron chi connectivity index (χ3n) is 0. The maximum absolute atomic E-state index is 8.55. The Kier molecular flexibility index (Phi) is 68.3. The summed E-state index contributed by atoms with van der Waals surface area (Å²) in [4.78, 5) is 103. The molecule has 32 heteroatoms. The molecule has 20 N–H and O–H groups in total. The van der Waals surface area contributed by atoms with Gasteiger partial charge in [-0.05, 0) is 0 Å². The van der Waals surface area contributed by atoms with Crippen LogP contribution in [-0.4, -0.2) is 23.8 Å². The van der Waals surface area contributed by atoms with E-state index in [9.17, 15) is 0 Å². The molecule has 0 saturated carbocycles. The molecule has 39 heavy (non-hydrogen) atoms.